The van der Waals surface area contributed by atoms with Gasteiger partial charge >= 0.3 is 18.5 Å². The second-order valence-corrected chi connectivity index (χ2v) is 4.35. The molecule has 0 bridgehead atoms. The van der Waals surface area contributed by atoms with Crippen LogP contribution >= 0.6 is 0 Å². The highest BCUT2D eigenvalue weighted by atomic mass is 19.4. The van der Waals surface area contributed by atoms with E-state index in [0.29, 0.717) is 0 Å². The molecule has 0 aliphatic heterocycles. The molecule has 126 valence electrons. The second kappa shape index (κ2) is 5.61. The minimum atomic E-state index is -5.30. The fourth-order valence-corrected chi connectivity index (χ4v) is 1.56. The Kier molecular flexibility index (Phi) is 4.73. The van der Waals surface area contributed by atoms with Crippen LogP contribution in [-0.4, -0.2) is 17.4 Å². The molecule has 2 nitrogen and oxygen atoms in total. The van der Waals surface area contributed by atoms with Crippen LogP contribution in [0, 0.1) is 0 Å². The van der Waals surface area contributed by atoms with Gasteiger partial charge in [-0.05, 0) is 23.8 Å². The van der Waals surface area contributed by atoms with Gasteiger partial charge in [0.25, 0.3) is 0 Å². The molecule has 2 atom stereocenters. The van der Waals surface area contributed by atoms with E-state index >= 15 is 0 Å². The van der Waals surface area contributed by atoms with Crippen LogP contribution in [0.4, 0.5) is 39.5 Å². The second-order valence-electron chi connectivity index (χ2n) is 4.35. The van der Waals surface area contributed by atoms with Gasteiger partial charge in [0.1, 0.15) is 0 Å². The van der Waals surface area contributed by atoms with Gasteiger partial charge in [-0.1, -0.05) is 0 Å². The first-order valence-electron chi connectivity index (χ1n) is 5.44. The van der Waals surface area contributed by atoms with Crippen LogP contribution in [0.15, 0.2) is 18.2 Å². The predicted octanol–water partition coefficient (Wildman–Crippen LogP) is 3.65. The predicted molar refractivity (Wildman–Crippen MR) is 55.4 cm³/mol. The Hall–Kier alpha value is -1.49. The van der Waals surface area contributed by atoms with Gasteiger partial charge in [-0.2, -0.15) is 39.5 Å². The van der Waals surface area contributed by atoms with E-state index in [1.54, 1.807) is 0 Å². The zero-order valence-electron chi connectivity index (χ0n) is 10.3. The van der Waals surface area contributed by atoms with Crippen molar-refractivity contribution in [3.63, 3.8) is 0 Å². The van der Waals surface area contributed by atoms with Crippen molar-refractivity contribution in [1.82, 2.24) is 0 Å². The molecule has 0 spiro atoms. The molecule has 1 aromatic carbocycles. The molecule has 0 aromatic heterocycles. The first-order valence-corrected chi connectivity index (χ1v) is 5.44. The van der Waals surface area contributed by atoms with Gasteiger partial charge < -0.3 is 10.8 Å². The van der Waals surface area contributed by atoms with E-state index in [2.05, 4.69) is 0 Å². The van der Waals surface area contributed by atoms with Crippen molar-refractivity contribution < 1.29 is 44.6 Å². The number of nitrogens with two attached hydrogens (primary N) is 1. The van der Waals surface area contributed by atoms with E-state index in [1.165, 1.54) is 0 Å². The van der Waals surface area contributed by atoms with Gasteiger partial charge in [0.15, 0.2) is 6.10 Å². The summed E-state index contributed by atoms with van der Waals surface area (Å²) >= 11 is 0. The highest BCUT2D eigenvalue weighted by Crippen LogP contribution is 2.38. The van der Waals surface area contributed by atoms with Gasteiger partial charge in [-0.3, -0.25) is 0 Å². The molecule has 0 unspecified atom stereocenters. The molecule has 0 radical (unpaired) electrons. The smallest absolute Gasteiger partial charge is 0.382 e. The summed E-state index contributed by atoms with van der Waals surface area (Å²) in [7, 11) is 0. The molecule has 3 N–H and O–H groups in total. The van der Waals surface area contributed by atoms with Crippen molar-refractivity contribution >= 4 is 0 Å². The van der Waals surface area contributed by atoms with Crippen molar-refractivity contribution in [3.05, 3.63) is 34.9 Å². The molecule has 11 heteroatoms. The maximum Gasteiger partial charge on any atom is 0.416 e. The maximum atomic E-state index is 12.5. The quantitative estimate of drug-likeness (QED) is 0.807. The van der Waals surface area contributed by atoms with Gasteiger partial charge in [0.2, 0.25) is 0 Å². The van der Waals surface area contributed by atoms with Crippen molar-refractivity contribution in [1.29, 1.82) is 0 Å². The number of hydrogen-bond acceptors (Lipinski definition) is 2. The lowest BCUT2D eigenvalue weighted by atomic mass is 9.96. The topological polar surface area (TPSA) is 46.2 Å². The highest BCUT2D eigenvalue weighted by Gasteiger charge is 2.44. The number of alkyl halides is 9. The average molecular weight is 341 g/mol. The SMILES string of the molecule is N[C@H](c1cc(C(F)(F)F)cc(C(F)(F)F)c1)[C@@H](O)C(F)(F)F. The van der Waals surface area contributed by atoms with Crippen LogP contribution in [0.1, 0.15) is 22.7 Å². The minimum absolute atomic E-state index is 0.0366. The lowest BCUT2D eigenvalue weighted by molar-refractivity contribution is -0.210. The summed E-state index contributed by atoms with van der Waals surface area (Å²) in [5.41, 5.74) is 0.177. The number of aliphatic hydroxyl groups is 1. The summed E-state index contributed by atoms with van der Waals surface area (Å²) in [6, 6.07) is -2.68. The van der Waals surface area contributed by atoms with Crippen molar-refractivity contribution in [2.75, 3.05) is 0 Å². The van der Waals surface area contributed by atoms with E-state index in [9.17, 15) is 39.5 Å². The van der Waals surface area contributed by atoms with Crippen LogP contribution in [0.2, 0.25) is 0 Å². The van der Waals surface area contributed by atoms with E-state index in [1.807, 2.05) is 0 Å². The Labute approximate surface area is 117 Å². The Morgan fingerprint density at radius 1 is 0.773 bits per heavy atom. The van der Waals surface area contributed by atoms with E-state index < -0.39 is 47.4 Å². The largest absolute Gasteiger partial charge is 0.416 e. The van der Waals surface area contributed by atoms with Crippen LogP contribution in [0.5, 0.6) is 0 Å². The summed E-state index contributed by atoms with van der Waals surface area (Å²) in [6.07, 6.45) is -19.1. The molecule has 0 fully saturated rings. The van der Waals surface area contributed by atoms with Crippen LogP contribution < -0.4 is 5.73 Å². The molecule has 1 aromatic rings. The zero-order chi connectivity index (χ0) is 17.5. The van der Waals surface area contributed by atoms with E-state index in [-0.39, 0.29) is 18.2 Å². The van der Waals surface area contributed by atoms with Crippen LogP contribution in [-0.2, 0) is 12.4 Å². The number of halogens is 9. The molecule has 0 heterocycles. The van der Waals surface area contributed by atoms with E-state index in [0.717, 1.165) is 0 Å². The fourth-order valence-electron chi connectivity index (χ4n) is 1.56. The molecule has 0 saturated carbocycles. The van der Waals surface area contributed by atoms with Crippen molar-refractivity contribution in [3.8, 4) is 0 Å². The summed E-state index contributed by atoms with van der Waals surface area (Å²) in [6.45, 7) is 0. The molecule has 22 heavy (non-hydrogen) atoms. The normalized spacial score (nSPS) is 16.5. The molecular weight excluding hydrogens is 333 g/mol. The zero-order valence-corrected chi connectivity index (χ0v) is 10.3. The summed E-state index contributed by atoms with van der Waals surface area (Å²) in [5, 5.41) is 8.88. The van der Waals surface area contributed by atoms with Gasteiger partial charge in [0.05, 0.1) is 17.2 Å². The monoisotopic (exact) mass is 341 g/mol. The summed E-state index contributed by atoms with van der Waals surface area (Å²) in [4.78, 5) is 0. The third-order valence-electron chi connectivity index (χ3n) is 2.67. The Bertz CT molecular complexity index is 500. The highest BCUT2D eigenvalue weighted by molar-refractivity contribution is 5.35. The lowest BCUT2D eigenvalue weighted by Gasteiger charge is -2.23. The third kappa shape index (κ3) is 4.26. The van der Waals surface area contributed by atoms with Gasteiger partial charge in [-0.25, -0.2) is 0 Å². The Morgan fingerprint density at radius 2 is 1.14 bits per heavy atom. The molecule has 0 aliphatic rings. The van der Waals surface area contributed by atoms with Crippen LogP contribution in [0.3, 0.4) is 0 Å². The molecule has 0 amide bonds. The minimum Gasteiger partial charge on any atom is -0.382 e. The number of rotatable bonds is 2. The first-order chi connectivity index (χ1) is 9.64. The molecule has 1 rings (SSSR count). The maximum absolute atomic E-state index is 12.5. The number of hydrogen-bond donors (Lipinski definition) is 2. The van der Waals surface area contributed by atoms with Gasteiger partial charge in [-0.15, -0.1) is 0 Å². The Balaban J connectivity index is 3.42. The summed E-state index contributed by atoms with van der Waals surface area (Å²) < 4.78 is 112. The fraction of sp³-hybridized carbons (Fsp3) is 0.455. The standard InChI is InChI=1S/C11H8F9NO/c12-9(13,14)5-1-4(2-6(3-5)10(15,16)17)7(21)8(22)11(18,19)20/h1-3,7-8,22H,21H2/t7-,8-/m1/s1. The lowest BCUT2D eigenvalue weighted by Crippen LogP contribution is -2.39. The average Bonchev–Trinajstić information content (AvgIpc) is 2.33. The molecule has 0 aliphatic carbocycles. The molecule has 0 saturated heterocycles. The van der Waals surface area contributed by atoms with Crippen molar-refractivity contribution in [2.45, 2.75) is 30.7 Å². The first kappa shape index (κ1) is 18.6. The van der Waals surface area contributed by atoms with E-state index in [4.69, 9.17) is 10.8 Å². The Morgan fingerprint density at radius 3 is 1.41 bits per heavy atom. The molecular formula is C11H8F9NO. The number of aliphatic hydroxyl groups excluding tert-OH is 1. The van der Waals surface area contributed by atoms with Crippen molar-refractivity contribution in [2.24, 2.45) is 5.73 Å². The van der Waals surface area contributed by atoms with Gasteiger partial charge in [0, 0.05) is 0 Å². The third-order valence-corrected chi connectivity index (χ3v) is 2.67. The van der Waals surface area contributed by atoms with Crippen LogP contribution in [0.25, 0.3) is 0 Å². The summed E-state index contributed by atoms with van der Waals surface area (Å²) in [5.74, 6) is 0. The number of benzene rings is 1.